The molecule has 140 valence electrons. The molecule has 0 amide bonds. The molecule has 2 heterocycles. The van der Waals surface area contributed by atoms with Crippen LogP contribution >= 0.6 is 23.1 Å². The number of carbonyl (C=O) groups is 2. The van der Waals surface area contributed by atoms with E-state index in [9.17, 15) is 9.59 Å². The lowest BCUT2D eigenvalue weighted by molar-refractivity contribution is -0.114. The lowest BCUT2D eigenvalue weighted by Crippen LogP contribution is -2.11. The Bertz CT molecular complexity index is 908. The summed E-state index contributed by atoms with van der Waals surface area (Å²) in [5.74, 6) is -0.225. The van der Waals surface area contributed by atoms with Gasteiger partial charge in [-0.25, -0.2) is 9.78 Å². The molecular formula is C18H16N2O5S2. The first-order valence-corrected chi connectivity index (χ1v) is 9.67. The van der Waals surface area contributed by atoms with Crippen LogP contribution in [0.2, 0.25) is 0 Å². The van der Waals surface area contributed by atoms with Crippen molar-refractivity contribution < 1.29 is 23.8 Å². The molecule has 1 aliphatic heterocycles. The number of methoxy groups -OCH3 is 1. The molecule has 0 saturated carbocycles. The molecule has 1 fully saturated rings. The second-order valence-corrected chi connectivity index (χ2v) is 7.35. The smallest absolute Gasteiger partial charge is 0.493 e. The number of Topliss-reactive ketones (excluding diaryl/α,β-unsaturated/α-hetero) is 1. The van der Waals surface area contributed by atoms with Crippen molar-refractivity contribution in [2.75, 3.05) is 13.7 Å². The van der Waals surface area contributed by atoms with E-state index in [1.165, 1.54) is 18.4 Å². The van der Waals surface area contributed by atoms with Gasteiger partial charge in [-0.2, -0.15) is 0 Å². The number of benzene rings is 1. The highest BCUT2D eigenvalue weighted by Crippen LogP contribution is 2.41. The molecule has 1 aromatic carbocycles. The van der Waals surface area contributed by atoms with E-state index in [1.807, 2.05) is 0 Å². The van der Waals surface area contributed by atoms with E-state index < -0.39 is 12.1 Å². The first kappa shape index (κ1) is 19.1. The van der Waals surface area contributed by atoms with Gasteiger partial charge >= 0.3 is 6.16 Å². The Balaban J connectivity index is 1.83. The van der Waals surface area contributed by atoms with Crippen molar-refractivity contribution in [2.24, 2.45) is 0 Å². The highest BCUT2D eigenvalue weighted by atomic mass is 32.2. The highest BCUT2D eigenvalue weighted by molar-refractivity contribution is 8.19. The molecule has 1 unspecified atom stereocenters. The van der Waals surface area contributed by atoms with Gasteiger partial charge in [-0.05, 0) is 30.7 Å². The van der Waals surface area contributed by atoms with E-state index in [2.05, 4.69) is 4.98 Å². The molecule has 0 radical (unpaired) electrons. The van der Waals surface area contributed by atoms with Crippen LogP contribution in [-0.4, -0.2) is 35.7 Å². The molecule has 1 aromatic heterocycles. The predicted molar refractivity (Wildman–Crippen MR) is 104 cm³/mol. The lowest BCUT2D eigenvalue weighted by Gasteiger charge is -2.09. The maximum atomic E-state index is 12.7. The number of ketones is 1. The quantitative estimate of drug-likeness (QED) is 0.455. The van der Waals surface area contributed by atoms with E-state index in [-0.39, 0.29) is 23.2 Å². The summed E-state index contributed by atoms with van der Waals surface area (Å²) in [6.07, 6.45) is 2.49. The summed E-state index contributed by atoms with van der Waals surface area (Å²) >= 11 is 2.49. The van der Waals surface area contributed by atoms with E-state index in [4.69, 9.17) is 19.6 Å². The fraction of sp³-hybridized carbons (Fsp3) is 0.222. The normalized spacial score (nSPS) is 18.0. The topological polar surface area (TPSA) is 98.6 Å². The fourth-order valence-corrected chi connectivity index (χ4v) is 4.24. The molecule has 1 N–H and O–H groups in total. The van der Waals surface area contributed by atoms with Gasteiger partial charge in [-0.1, -0.05) is 17.8 Å². The van der Waals surface area contributed by atoms with Gasteiger partial charge in [0.2, 0.25) is 0 Å². The lowest BCUT2D eigenvalue weighted by atomic mass is 10.0. The molecule has 7 nitrogen and oxygen atoms in total. The summed E-state index contributed by atoms with van der Waals surface area (Å²) in [5, 5.41) is 10.8. The molecule has 3 rings (SSSR count). The number of thiazole rings is 1. The van der Waals surface area contributed by atoms with Crippen LogP contribution in [0.15, 0.2) is 34.7 Å². The zero-order valence-electron chi connectivity index (χ0n) is 14.6. The number of rotatable bonds is 5. The number of carbonyl (C=O) groups excluding carboxylic acids is 2. The van der Waals surface area contributed by atoms with Crippen LogP contribution in [0.1, 0.15) is 23.4 Å². The van der Waals surface area contributed by atoms with Crippen LogP contribution in [-0.2, 0) is 9.53 Å². The maximum absolute atomic E-state index is 12.7. The van der Waals surface area contributed by atoms with Crippen molar-refractivity contribution in [1.29, 1.82) is 5.41 Å². The number of hydrogen-bond donors (Lipinski definition) is 1. The number of nitrogens with one attached hydrogen (secondary N) is 1. The van der Waals surface area contributed by atoms with Gasteiger partial charge < -0.3 is 14.2 Å². The Hall–Kier alpha value is -2.65. The number of ether oxygens (including phenoxy) is 3. The van der Waals surface area contributed by atoms with Crippen molar-refractivity contribution >= 4 is 46.2 Å². The van der Waals surface area contributed by atoms with Gasteiger partial charge in [0.15, 0.2) is 17.3 Å². The monoisotopic (exact) mass is 404 g/mol. The third-order valence-corrected chi connectivity index (χ3v) is 5.46. The summed E-state index contributed by atoms with van der Waals surface area (Å²) in [7, 11) is 1.45. The van der Waals surface area contributed by atoms with Gasteiger partial charge in [0.1, 0.15) is 10.9 Å². The summed E-state index contributed by atoms with van der Waals surface area (Å²) in [4.78, 5) is 28.8. The van der Waals surface area contributed by atoms with Gasteiger partial charge in [0.25, 0.3) is 0 Å². The van der Waals surface area contributed by atoms with Gasteiger partial charge in [0, 0.05) is 11.6 Å². The highest BCUT2D eigenvalue weighted by Gasteiger charge is 2.38. The molecule has 1 atom stereocenters. The minimum Gasteiger partial charge on any atom is -0.493 e. The van der Waals surface area contributed by atoms with E-state index >= 15 is 0 Å². The largest absolute Gasteiger partial charge is 0.513 e. The summed E-state index contributed by atoms with van der Waals surface area (Å²) in [6, 6.07) is 4.91. The molecule has 1 aliphatic rings. The second-order valence-electron chi connectivity index (χ2n) is 5.34. The number of allylic oxidation sites excluding steroid dienone is 1. The van der Waals surface area contributed by atoms with E-state index in [0.29, 0.717) is 21.2 Å². The molecule has 9 heteroatoms. The van der Waals surface area contributed by atoms with Crippen LogP contribution < -0.4 is 9.47 Å². The van der Waals surface area contributed by atoms with Crippen molar-refractivity contribution in [2.45, 2.75) is 12.8 Å². The Morgan fingerprint density at radius 3 is 2.85 bits per heavy atom. The van der Waals surface area contributed by atoms with Gasteiger partial charge in [0.05, 0.1) is 23.7 Å². The predicted octanol–water partition coefficient (Wildman–Crippen LogP) is 4.10. The average molecular weight is 404 g/mol. The Kier molecular flexibility index (Phi) is 5.92. The van der Waals surface area contributed by atoms with E-state index in [1.54, 1.807) is 42.8 Å². The number of nitrogens with zero attached hydrogens (tertiary/aromatic N) is 1. The molecule has 0 bridgehead atoms. The number of aromatic nitrogens is 1. The van der Waals surface area contributed by atoms with Crippen LogP contribution in [0, 0.1) is 5.41 Å². The Morgan fingerprint density at radius 2 is 2.19 bits per heavy atom. The van der Waals surface area contributed by atoms with Crippen LogP contribution in [0.3, 0.4) is 0 Å². The summed E-state index contributed by atoms with van der Waals surface area (Å²) < 4.78 is 15.1. The average Bonchev–Trinajstić information content (AvgIpc) is 3.25. The minimum atomic E-state index is -0.817. The Labute approximate surface area is 163 Å². The second kappa shape index (κ2) is 8.36. The standard InChI is InChI=1S/C18H16N2O5S2/c1-3-24-18(22)25-11-5-4-10(8-12(11)23-2)9-13-15(21)14(16(19)27-13)17-20-6-7-26-17/h4-9,14,19H,3H2,1-2H3. The fourth-order valence-electron chi connectivity index (χ4n) is 2.44. The molecule has 2 aromatic rings. The molecule has 0 spiro atoms. The van der Waals surface area contributed by atoms with Crippen molar-refractivity contribution in [3.05, 3.63) is 45.3 Å². The first-order valence-electron chi connectivity index (χ1n) is 7.97. The molecule has 0 aliphatic carbocycles. The SMILES string of the molecule is CCOC(=O)Oc1ccc(C=C2SC(=N)C(c3nccs3)C2=O)cc1OC. The zero-order chi connectivity index (χ0) is 19.4. The van der Waals surface area contributed by atoms with Crippen LogP contribution in [0.4, 0.5) is 4.79 Å². The van der Waals surface area contributed by atoms with Crippen molar-refractivity contribution in [1.82, 2.24) is 4.98 Å². The summed E-state index contributed by atoms with van der Waals surface area (Å²) in [5.41, 5.74) is 0.687. The molecular weight excluding hydrogens is 388 g/mol. The maximum Gasteiger partial charge on any atom is 0.513 e. The zero-order valence-corrected chi connectivity index (χ0v) is 16.2. The number of hydrogen-bond acceptors (Lipinski definition) is 9. The third kappa shape index (κ3) is 4.20. The number of thioether (sulfide) groups is 1. The molecule has 1 saturated heterocycles. The first-order chi connectivity index (χ1) is 13.0. The van der Waals surface area contributed by atoms with Crippen molar-refractivity contribution in [3.63, 3.8) is 0 Å². The molecule has 27 heavy (non-hydrogen) atoms. The van der Waals surface area contributed by atoms with E-state index in [0.717, 1.165) is 11.8 Å². The Morgan fingerprint density at radius 1 is 1.37 bits per heavy atom. The van der Waals surface area contributed by atoms with Gasteiger partial charge in [-0.15, -0.1) is 11.3 Å². The van der Waals surface area contributed by atoms with Crippen LogP contribution in [0.25, 0.3) is 6.08 Å². The van der Waals surface area contributed by atoms with Crippen molar-refractivity contribution in [3.8, 4) is 11.5 Å². The third-order valence-electron chi connectivity index (χ3n) is 3.63. The van der Waals surface area contributed by atoms with Gasteiger partial charge in [-0.3, -0.25) is 10.2 Å². The summed E-state index contributed by atoms with van der Waals surface area (Å²) in [6.45, 7) is 1.89. The van der Waals surface area contributed by atoms with Crippen LogP contribution in [0.5, 0.6) is 11.5 Å². The minimum absolute atomic E-state index is 0.147.